The van der Waals surface area contributed by atoms with E-state index in [0.717, 1.165) is 51.4 Å². The number of allylic oxidation sites excluding steroid dienone is 7. The summed E-state index contributed by atoms with van der Waals surface area (Å²) in [6, 6.07) is -0.625. The molecule has 0 bridgehead atoms. The van der Waals surface area contributed by atoms with E-state index in [-0.39, 0.29) is 18.5 Å². The van der Waals surface area contributed by atoms with E-state index in [1.807, 2.05) is 6.08 Å². The van der Waals surface area contributed by atoms with Crippen LogP contribution in [-0.4, -0.2) is 47.4 Å². The van der Waals surface area contributed by atoms with E-state index in [1.165, 1.54) is 276 Å². The average Bonchev–Trinajstić information content (AvgIpc) is 3.41. The summed E-state index contributed by atoms with van der Waals surface area (Å²) in [7, 11) is 0. The molecule has 0 fully saturated rings. The first kappa shape index (κ1) is 72.8. The zero-order chi connectivity index (χ0) is 54.3. The first-order valence-electron chi connectivity index (χ1n) is 33.4. The number of carbonyl (C=O) groups excluding carboxylic acids is 2. The topological polar surface area (TPSA) is 95.9 Å². The van der Waals surface area contributed by atoms with Gasteiger partial charge in [0.25, 0.3) is 0 Å². The maximum absolute atomic E-state index is 12.4. The highest BCUT2D eigenvalue weighted by molar-refractivity contribution is 5.76. The van der Waals surface area contributed by atoms with E-state index >= 15 is 0 Å². The molecule has 0 heterocycles. The Hall–Kier alpha value is -2.18. The highest BCUT2D eigenvalue weighted by Crippen LogP contribution is 2.17. The zero-order valence-electron chi connectivity index (χ0n) is 50.3. The van der Waals surface area contributed by atoms with Gasteiger partial charge in [0.15, 0.2) is 0 Å². The molecule has 0 aromatic rings. The fourth-order valence-corrected chi connectivity index (χ4v) is 10.2. The lowest BCUT2D eigenvalue weighted by atomic mass is 10.0. The van der Waals surface area contributed by atoms with Crippen molar-refractivity contribution < 1.29 is 24.5 Å². The number of aliphatic hydroxyl groups excluding tert-OH is 2. The van der Waals surface area contributed by atoms with Crippen molar-refractivity contribution in [1.82, 2.24) is 5.32 Å². The highest BCUT2D eigenvalue weighted by atomic mass is 16.5. The van der Waals surface area contributed by atoms with Gasteiger partial charge in [0.2, 0.25) is 5.91 Å². The molecule has 0 spiro atoms. The van der Waals surface area contributed by atoms with Crippen molar-refractivity contribution in [2.75, 3.05) is 13.2 Å². The van der Waals surface area contributed by atoms with E-state index in [1.54, 1.807) is 6.08 Å². The van der Waals surface area contributed by atoms with Crippen LogP contribution < -0.4 is 5.32 Å². The summed E-state index contributed by atoms with van der Waals surface area (Å²) in [6.45, 7) is 4.87. The van der Waals surface area contributed by atoms with Crippen LogP contribution in [-0.2, 0) is 14.3 Å². The minimum atomic E-state index is -0.841. The van der Waals surface area contributed by atoms with E-state index in [9.17, 15) is 19.8 Å². The lowest BCUT2D eigenvalue weighted by Gasteiger charge is -2.20. The number of carbonyl (C=O) groups is 2. The lowest BCUT2D eigenvalue weighted by Crippen LogP contribution is -2.45. The first-order valence-corrected chi connectivity index (χ1v) is 33.4. The van der Waals surface area contributed by atoms with Crippen molar-refractivity contribution >= 4 is 11.9 Å². The van der Waals surface area contributed by atoms with Gasteiger partial charge < -0.3 is 20.3 Å². The number of aliphatic hydroxyl groups is 2. The summed E-state index contributed by atoms with van der Waals surface area (Å²) >= 11 is 0. The molecule has 0 radical (unpaired) electrons. The second-order valence-corrected chi connectivity index (χ2v) is 22.8. The Balaban J connectivity index is 3.35. The van der Waals surface area contributed by atoms with Crippen LogP contribution in [0.15, 0.2) is 48.6 Å². The van der Waals surface area contributed by atoms with Gasteiger partial charge in [0.1, 0.15) is 0 Å². The van der Waals surface area contributed by atoms with Crippen molar-refractivity contribution in [3.05, 3.63) is 48.6 Å². The van der Waals surface area contributed by atoms with Crippen LogP contribution >= 0.6 is 0 Å². The molecule has 0 aliphatic heterocycles. The number of rotatable bonds is 62. The number of hydrogen-bond donors (Lipinski definition) is 3. The smallest absolute Gasteiger partial charge is 0.305 e. The zero-order valence-corrected chi connectivity index (χ0v) is 50.3. The predicted molar refractivity (Wildman–Crippen MR) is 329 cm³/mol. The summed E-state index contributed by atoms with van der Waals surface area (Å²) in [5, 5.41) is 23.0. The number of esters is 1. The lowest BCUT2D eigenvalue weighted by molar-refractivity contribution is -0.143. The monoisotopic (exact) mass is 1050 g/mol. The van der Waals surface area contributed by atoms with Gasteiger partial charge >= 0.3 is 5.97 Å². The number of ether oxygens (including phenoxy) is 1. The summed E-state index contributed by atoms with van der Waals surface area (Å²) in [6.07, 6.45) is 83.3. The van der Waals surface area contributed by atoms with E-state index in [0.29, 0.717) is 19.4 Å². The average molecular weight is 1050 g/mol. The fourth-order valence-electron chi connectivity index (χ4n) is 10.2. The number of unbranched alkanes of at least 4 members (excludes halogenated alkanes) is 45. The Morgan fingerprint density at radius 1 is 0.373 bits per heavy atom. The predicted octanol–water partition coefficient (Wildman–Crippen LogP) is 21.3. The standard InChI is InChI=1S/C69H129NO5/c1-3-5-7-9-11-13-15-16-17-33-37-40-43-47-51-55-59-63-69(74)75-64-60-56-52-48-44-41-38-35-32-30-28-26-24-22-20-18-19-21-23-25-27-29-31-34-36-39-42-46-50-54-58-62-68(73)70-66(65-71)67(72)61-57-53-49-45-14-12-10-8-6-4-2/h11,13,16-17,20,22,57,61,66-67,71-72H,3-10,12,14-15,18-19,21,23-56,58-60,62-65H2,1-2H3,(H,70,73)/b13-11-,17-16-,22-20-,61-57+. The van der Waals surface area contributed by atoms with Gasteiger partial charge in [0, 0.05) is 12.8 Å². The second-order valence-electron chi connectivity index (χ2n) is 22.8. The van der Waals surface area contributed by atoms with E-state index in [4.69, 9.17) is 4.74 Å². The molecule has 0 saturated carbocycles. The van der Waals surface area contributed by atoms with Crippen molar-refractivity contribution in [3.8, 4) is 0 Å². The van der Waals surface area contributed by atoms with Crippen LogP contribution in [0.1, 0.15) is 354 Å². The summed E-state index contributed by atoms with van der Waals surface area (Å²) in [5.74, 6) is -0.0579. The summed E-state index contributed by atoms with van der Waals surface area (Å²) < 4.78 is 5.50. The van der Waals surface area contributed by atoms with Crippen LogP contribution in [0, 0.1) is 0 Å². The maximum atomic E-state index is 12.4. The molecule has 2 atom stereocenters. The number of amides is 1. The molecule has 0 aliphatic rings. The number of nitrogens with one attached hydrogen (secondary N) is 1. The minimum absolute atomic E-state index is 0.00941. The van der Waals surface area contributed by atoms with Crippen LogP contribution in [0.3, 0.4) is 0 Å². The third-order valence-corrected chi connectivity index (χ3v) is 15.3. The third-order valence-electron chi connectivity index (χ3n) is 15.3. The normalized spacial score (nSPS) is 12.9. The van der Waals surface area contributed by atoms with Crippen LogP contribution in [0.2, 0.25) is 0 Å². The molecule has 1 amide bonds. The molecule has 3 N–H and O–H groups in total. The number of hydrogen-bond acceptors (Lipinski definition) is 5. The molecule has 6 nitrogen and oxygen atoms in total. The molecule has 6 heteroatoms. The molecule has 0 saturated heterocycles. The molecular formula is C69H129NO5. The summed E-state index contributed by atoms with van der Waals surface area (Å²) in [4.78, 5) is 24.5. The third kappa shape index (κ3) is 60.9. The minimum Gasteiger partial charge on any atom is -0.466 e. The maximum Gasteiger partial charge on any atom is 0.305 e. The van der Waals surface area contributed by atoms with Gasteiger partial charge in [-0.3, -0.25) is 9.59 Å². The van der Waals surface area contributed by atoms with Gasteiger partial charge in [-0.2, -0.15) is 0 Å². The first-order chi connectivity index (χ1) is 37.0. The van der Waals surface area contributed by atoms with Crippen LogP contribution in [0.25, 0.3) is 0 Å². The van der Waals surface area contributed by atoms with E-state index < -0.39 is 12.1 Å². The van der Waals surface area contributed by atoms with Crippen LogP contribution in [0.5, 0.6) is 0 Å². The Bertz CT molecular complexity index is 1260. The molecular weight excluding hydrogens is 923 g/mol. The molecule has 440 valence electrons. The Kier molecular flexibility index (Phi) is 62.5. The molecule has 75 heavy (non-hydrogen) atoms. The Labute approximate surface area is 467 Å². The van der Waals surface area contributed by atoms with Gasteiger partial charge in [-0.25, -0.2) is 0 Å². The largest absolute Gasteiger partial charge is 0.466 e. The molecule has 2 unspecified atom stereocenters. The van der Waals surface area contributed by atoms with Crippen molar-refractivity contribution in [1.29, 1.82) is 0 Å². The van der Waals surface area contributed by atoms with Crippen LogP contribution in [0.4, 0.5) is 0 Å². The molecule has 0 rings (SSSR count). The van der Waals surface area contributed by atoms with Crippen molar-refractivity contribution in [2.24, 2.45) is 0 Å². The fraction of sp³-hybridized carbons (Fsp3) is 0.855. The molecule has 0 aromatic heterocycles. The van der Waals surface area contributed by atoms with Gasteiger partial charge in [-0.15, -0.1) is 0 Å². The van der Waals surface area contributed by atoms with Crippen molar-refractivity contribution in [3.63, 3.8) is 0 Å². The van der Waals surface area contributed by atoms with Gasteiger partial charge in [-0.05, 0) is 89.9 Å². The van der Waals surface area contributed by atoms with Gasteiger partial charge in [-0.1, -0.05) is 300 Å². The second kappa shape index (κ2) is 64.3. The Morgan fingerprint density at radius 3 is 1.05 bits per heavy atom. The summed E-state index contributed by atoms with van der Waals surface area (Å²) in [5.41, 5.74) is 0. The quantitative estimate of drug-likeness (QED) is 0.0320. The SMILES string of the molecule is CCCCC/C=C\C/C=C\CCCCCCCCCC(=O)OCCCCCCCCCCCCCC/C=C\CCCCCCCCCCCCCCCCCC(=O)NC(CO)C(O)/C=C/CCCCCCCCCC. The van der Waals surface area contributed by atoms with Gasteiger partial charge in [0.05, 0.1) is 25.4 Å². The van der Waals surface area contributed by atoms with E-state index in [2.05, 4.69) is 55.6 Å². The highest BCUT2D eigenvalue weighted by Gasteiger charge is 2.18. The Morgan fingerprint density at radius 2 is 0.667 bits per heavy atom. The molecule has 0 aliphatic carbocycles. The molecule has 0 aromatic carbocycles. The van der Waals surface area contributed by atoms with Crippen molar-refractivity contribution in [2.45, 2.75) is 366 Å².